The lowest BCUT2D eigenvalue weighted by Crippen LogP contribution is -1.99. The van der Waals surface area contributed by atoms with Crippen molar-refractivity contribution < 1.29 is 14.2 Å². The normalized spacial score (nSPS) is 10.2. The van der Waals surface area contributed by atoms with Crippen LogP contribution >= 0.6 is 23.2 Å². The molecule has 0 heterocycles. The third-order valence-electron chi connectivity index (χ3n) is 2.62. The highest BCUT2D eigenvalue weighted by Crippen LogP contribution is 2.17. The van der Waals surface area contributed by atoms with Crippen LogP contribution in [0.3, 0.4) is 0 Å². The monoisotopic (exact) mass is 318 g/mol. The number of unbranched alkanes of at least 4 members (excludes halogenated alkanes) is 2. The molecule has 0 fully saturated rings. The molecule has 5 heteroatoms. The minimum absolute atomic E-state index is 0.248. The van der Waals surface area contributed by atoms with Gasteiger partial charge in [0.2, 0.25) is 0 Å². The highest BCUT2D eigenvalue weighted by atomic mass is 35.5. The van der Waals surface area contributed by atoms with Crippen LogP contribution in [0.15, 0.2) is 34.8 Å². The molecule has 0 spiro atoms. The number of ether oxygens (including phenoxy) is 3. The molecule has 0 aromatic heterocycles. The van der Waals surface area contributed by atoms with Crippen molar-refractivity contribution in [3.05, 3.63) is 34.8 Å². The second kappa shape index (κ2) is 10.8. The van der Waals surface area contributed by atoms with Gasteiger partial charge in [0.05, 0.1) is 20.3 Å². The fourth-order valence-corrected chi connectivity index (χ4v) is 1.68. The van der Waals surface area contributed by atoms with E-state index < -0.39 is 0 Å². The van der Waals surface area contributed by atoms with Crippen LogP contribution in [0.25, 0.3) is 0 Å². The smallest absolute Gasteiger partial charge is 0.119 e. The minimum Gasteiger partial charge on any atom is -0.497 e. The molecule has 20 heavy (non-hydrogen) atoms. The van der Waals surface area contributed by atoms with E-state index in [9.17, 15) is 0 Å². The minimum atomic E-state index is 0.248. The molecule has 0 radical (unpaired) electrons. The number of hydrogen-bond donors (Lipinski definition) is 0. The predicted molar refractivity (Wildman–Crippen MR) is 82.9 cm³/mol. The molecule has 0 aliphatic heterocycles. The number of rotatable bonds is 10. The Labute approximate surface area is 130 Å². The van der Waals surface area contributed by atoms with Gasteiger partial charge in [0.15, 0.2) is 0 Å². The van der Waals surface area contributed by atoms with Gasteiger partial charge < -0.3 is 14.2 Å². The van der Waals surface area contributed by atoms with Crippen LogP contribution in [0.5, 0.6) is 11.5 Å². The van der Waals surface area contributed by atoms with E-state index in [4.69, 9.17) is 37.4 Å². The molecule has 0 N–H and O–H groups in total. The highest BCUT2D eigenvalue weighted by molar-refractivity contribution is 6.55. The van der Waals surface area contributed by atoms with Gasteiger partial charge in [-0.25, -0.2) is 0 Å². The van der Waals surface area contributed by atoms with Crippen LogP contribution in [-0.2, 0) is 4.74 Å². The Balaban J connectivity index is 1.97. The van der Waals surface area contributed by atoms with Crippen molar-refractivity contribution in [3.63, 3.8) is 0 Å². The Kier molecular flexibility index (Phi) is 9.29. The summed E-state index contributed by atoms with van der Waals surface area (Å²) in [6.45, 7) is 1.88. The van der Waals surface area contributed by atoms with E-state index in [-0.39, 0.29) is 4.49 Å². The van der Waals surface area contributed by atoms with Gasteiger partial charge in [-0.2, -0.15) is 0 Å². The van der Waals surface area contributed by atoms with Crippen LogP contribution in [0, 0.1) is 0 Å². The van der Waals surface area contributed by atoms with Gasteiger partial charge in [-0.05, 0) is 49.6 Å². The largest absolute Gasteiger partial charge is 0.497 e. The maximum Gasteiger partial charge on any atom is 0.119 e. The zero-order chi connectivity index (χ0) is 14.6. The number of hydrogen-bond acceptors (Lipinski definition) is 3. The predicted octanol–water partition coefficient (Wildman–Crippen LogP) is 4.58. The molecule has 3 nitrogen and oxygen atoms in total. The molecule has 0 atom stereocenters. The first kappa shape index (κ1) is 17.2. The Morgan fingerprint density at radius 1 is 1.00 bits per heavy atom. The van der Waals surface area contributed by atoms with E-state index in [0.717, 1.165) is 30.8 Å². The summed E-state index contributed by atoms with van der Waals surface area (Å²) in [5.41, 5.74) is 0. The first-order chi connectivity index (χ1) is 9.72. The van der Waals surface area contributed by atoms with Crippen molar-refractivity contribution in [3.8, 4) is 11.5 Å². The quantitative estimate of drug-likeness (QED) is 0.591. The van der Waals surface area contributed by atoms with Crippen LogP contribution in [0.1, 0.15) is 19.3 Å². The van der Waals surface area contributed by atoms with Crippen molar-refractivity contribution in [2.45, 2.75) is 19.3 Å². The van der Waals surface area contributed by atoms with Crippen LogP contribution < -0.4 is 9.47 Å². The van der Waals surface area contributed by atoms with E-state index in [1.807, 2.05) is 24.3 Å². The van der Waals surface area contributed by atoms with Gasteiger partial charge in [-0.15, -0.1) is 0 Å². The summed E-state index contributed by atoms with van der Waals surface area (Å²) in [4.78, 5) is 0. The maximum absolute atomic E-state index is 5.62. The standard InChI is InChI=1S/C15H20Cl2O3/c1-18-13-5-7-14(8-6-13)20-11-4-2-3-10-19-12-9-15(16)17/h5-9H,2-4,10-12H2,1H3. The van der Waals surface area contributed by atoms with Crippen molar-refractivity contribution in [2.75, 3.05) is 26.9 Å². The molecule has 1 aromatic rings. The fourth-order valence-electron chi connectivity index (χ4n) is 1.55. The maximum atomic E-state index is 5.62. The van der Waals surface area contributed by atoms with E-state index in [2.05, 4.69) is 0 Å². The second-order valence-corrected chi connectivity index (χ2v) is 5.16. The highest BCUT2D eigenvalue weighted by Gasteiger charge is 1.95. The average molecular weight is 319 g/mol. The summed E-state index contributed by atoms with van der Waals surface area (Å²) >= 11 is 10.9. The lowest BCUT2D eigenvalue weighted by molar-refractivity contribution is 0.155. The van der Waals surface area contributed by atoms with Gasteiger partial charge in [0.1, 0.15) is 16.0 Å². The molecule has 0 aliphatic rings. The Bertz CT molecular complexity index is 387. The van der Waals surface area contributed by atoms with Gasteiger partial charge >= 0.3 is 0 Å². The molecule has 0 saturated heterocycles. The summed E-state index contributed by atoms with van der Waals surface area (Å²) in [7, 11) is 1.65. The Hall–Kier alpha value is -0.900. The first-order valence-corrected chi connectivity index (χ1v) is 7.33. The molecule has 0 unspecified atom stereocenters. The Morgan fingerprint density at radius 2 is 1.65 bits per heavy atom. The molecule has 0 bridgehead atoms. The van der Waals surface area contributed by atoms with Crippen molar-refractivity contribution in [2.24, 2.45) is 0 Å². The molecule has 112 valence electrons. The van der Waals surface area contributed by atoms with Crippen LogP contribution in [0.4, 0.5) is 0 Å². The number of methoxy groups -OCH3 is 1. The summed E-state index contributed by atoms with van der Waals surface area (Å²) in [6, 6.07) is 7.59. The van der Waals surface area contributed by atoms with Gasteiger partial charge in [0.25, 0.3) is 0 Å². The van der Waals surface area contributed by atoms with E-state index in [1.165, 1.54) is 0 Å². The van der Waals surface area contributed by atoms with Crippen molar-refractivity contribution in [1.29, 1.82) is 0 Å². The summed E-state index contributed by atoms with van der Waals surface area (Å²) in [6.07, 6.45) is 4.70. The topological polar surface area (TPSA) is 27.7 Å². The van der Waals surface area contributed by atoms with E-state index in [1.54, 1.807) is 13.2 Å². The first-order valence-electron chi connectivity index (χ1n) is 6.58. The molecular formula is C15H20Cl2O3. The Morgan fingerprint density at radius 3 is 2.30 bits per heavy atom. The van der Waals surface area contributed by atoms with Crippen molar-refractivity contribution >= 4 is 23.2 Å². The summed E-state index contributed by atoms with van der Waals surface area (Å²) in [5.74, 6) is 1.70. The second-order valence-electron chi connectivity index (χ2n) is 4.15. The lowest BCUT2D eigenvalue weighted by atomic mass is 10.2. The number of benzene rings is 1. The summed E-state index contributed by atoms with van der Waals surface area (Å²) in [5, 5.41) is 0. The zero-order valence-corrected chi connectivity index (χ0v) is 13.1. The van der Waals surface area contributed by atoms with Crippen LogP contribution in [0.2, 0.25) is 0 Å². The van der Waals surface area contributed by atoms with Crippen molar-refractivity contribution in [1.82, 2.24) is 0 Å². The third-order valence-corrected chi connectivity index (χ3v) is 2.93. The fraction of sp³-hybridized carbons (Fsp3) is 0.467. The molecule has 1 rings (SSSR count). The van der Waals surface area contributed by atoms with Gasteiger partial charge in [0, 0.05) is 6.61 Å². The average Bonchev–Trinajstić information content (AvgIpc) is 2.46. The lowest BCUT2D eigenvalue weighted by Gasteiger charge is -2.07. The molecule has 0 amide bonds. The summed E-state index contributed by atoms with van der Waals surface area (Å²) < 4.78 is 16.3. The van der Waals surface area contributed by atoms with Gasteiger partial charge in [-0.3, -0.25) is 0 Å². The molecule has 1 aromatic carbocycles. The van der Waals surface area contributed by atoms with E-state index >= 15 is 0 Å². The molecule has 0 aliphatic carbocycles. The van der Waals surface area contributed by atoms with Crippen LogP contribution in [-0.4, -0.2) is 26.9 Å². The zero-order valence-electron chi connectivity index (χ0n) is 11.6. The van der Waals surface area contributed by atoms with Gasteiger partial charge in [-0.1, -0.05) is 23.2 Å². The van der Waals surface area contributed by atoms with E-state index in [0.29, 0.717) is 19.8 Å². The third kappa shape index (κ3) is 8.31. The SMILES string of the molecule is COc1ccc(OCCCCCOCC=C(Cl)Cl)cc1. The molecular weight excluding hydrogens is 299 g/mol. The molecule has 0 saturated carbocycles. The number of halogens is 2.